The maximum atomic E-state index is 13.2. The van der Waals surface area contributed by atoms with Gasteiger partial charge in [-0.05, 0) is 52.4 Å². The highest BCUT2D eigenvalue weighted by molar-refractivity contribution is 9.10. The molecule has 0 bridgehead atoms. The van der Waals surface area contributed by atoms with Crippen molar-refractivity contribution in [1.82, 2.24) is 5.32 Å². The zero-order valence-corrected chi connectivity index (χ0v) is 13.9. The van der Waals surface area contributed by atoms with Crippen LogP contribution >= 0.6 is 15.9 Å². The van der Waals surface area contributed by atoms with Crippen LogP contribution in [0.3, 0.4) is 0 Å². The number of amides is 1. The lowest BCUT2D eigenvalue weighted by Crippen LogP contribution is -2.51. The summed E-state index contributed by atoms with van der Waals surface area (Å²) in [7, 11) is 0. The number of carbonyl (C=O) groups is 1. The number of nitrogens with two attached hydrogens (primary N) is 1. The fourth-order valence-electron chi connectivity index (χ4n) is 1.80. The second kappa shape index (κ2) is 6.68. The van der Waals surface area contributed by atoms with Gasteiger partial charge in [0.2, 0.25) is 5.91 Å². The minimum absolute atomic E-state index is 0.0618. The third-order valence-corrected chi connectivity index (χ3v) is 3.74. The van der Waals surface area contributed by atoms with Crippen LogP contribution < -0.4 is 11.1 Å². The van der Waals surface area contributed by atoms with Crippen molar-refractivity contribution in [1.29, 1.82) is 0 Å². The van der Waals surface area contributed by atoms with Gasteiger partial charge in [-0.15, -0.1) is 0 Å². The first kappa shape index (κ1) is 17.1. The van der Waals surface area contributed by atoms with E-state index in [1.54, 1.807) is 12.1 Å². The molecule has 20 heavy (non-hydrogen) atoms. The predicted molar refractivity (Wildman–Crippen MR) is 82.8 cm³/mol. The summed E-state index contributed by atoms with van der Waals surface area (Å²) in [6.07, 6.45) is 0.626. The van der Waals surface area contributed by atoms with Gasteiger partial charge < -0.3 is 11.1 Å². The van der Waals surface area contributed by atoms with Crippen LogP contribution in [0.2, 0.25) is 0 Å². The maximum Gasteiger partial charge on any atom is 0.237 e. The third-order valence-electron chi connectivity index (χ3n) is 3.13. The standard InChI is InChI=1S/C15H22BrFN2O/c1-9(19-14(20)13(18)15(2,3)4)7-10-5-6-12(17)11(16)8-10/h5-6,8-9,13H,7,18H2,1-4H3,(H,19,20)/t9?,13-/m1/s1. The summed E-state index contributed by atoms with van der Waals surface area (Å²) < 4.78 is 13.6. The van der Waals surface area contributed by atoms with Crippen molar-refractivity contribution in [3.8, 4) is 0 Å². The average Bonchev–Trinajstić information content (AvgIpc) is 2.31. The van der Waals surface area contributed by atoms with E-state index in [1.807, 2.05) is 27.7 Å². The lowest BCUT2D eigenvalue weighted by Gasteiger charge is -2.27. The molecule has 0 spiro atoms. The first-order chi connectivity index (χ1) is 9.11. The highest BCUT2D eigenvalue weighted by Gasteiger charge is 2.28. The van der Waals surface area contributed by atoms with Gasteiger partial charge in [0.05, 0.1) is 10.5 Å². The summed E-state index contributed by atoms with van der Waals surface area (Å²) in [4.78, 5) is 12.0. The van der Waals surface area contributed by atoms with Crippen molar-refractivity contribution in [2.75, 3.05) is 0 Å². The van der Waals surface area contributed by atoms with Crippen LogP contribution in [0.25, 0.3) is 0 Å². The van der Waals surface area contributed by atoms with Crippen LogP contribution in [-0.2, 0) is 11.2 Å². The van der Waals surface area contributed by atoms with E-state index in [0.29, 0.717) is 10.9 Å². The zero-order chi connectivity index (χ0) is 15.5. The molecule has 112 valence electrons. The number of hydrogen-bond donors (Lipinski definition) is 2. The van der Waals surface area contributed by atoms with E-state index in [0.717, 1.165) is 5.56 Å². The van der Waals surface area contributed by atoms with Gasteiger partial charge in [-0.3, -0.25) is 4.79 Å². The quantitative estimate of drug-likeness (QED) is 0.881. The van der Waals surface area contributed by atoms with Crippen molar-refractivity contribution in [3.63, 3.8) is 0 Å². The second-order valence-corrected chi connectivity index (χ2v) is 7.06. The summed E-state index contributed by atoms with van der Waals surface area (Å²) in [5.41, 5.74) is 6.59. The molecular formula is C15H22BrFN2O. The van der Waals surface area contributed by atoms with E-state index in [-0.39, 0.29) is 23.2 Å². The monoisotopic (exact) mass is 344 g/mol. The molecule has 0 radical (unpaired) electrons. The van der Waals surface area contributed by atoms with Gasteiger partial charge in [0.1, 0.15) is 5.82 Å². The molecule has 1 aromatic rings. The van der Waals surface area contributed by atoms with Crippen LogP contribution in [0, 0.1) is 11.2 Å². The Balaban J connectivity index is 2.61. The Bertz CT molecular complexity index is 485. The normalized spacial score (nSPS) is 14.8. The molecule has 0 aliphatic carbocycles. The average molecular weight is 345 g/mol. The van der Waals surface area contributed by atoms with E-state index in [9.17, 15) is 9.18 Å². The SMILES string of the molecule is CC(Cc1ccc(F)c(Br)c1)NC(=O)[C@@H](N)C(C)(C)C. The number of rotatable bonds is 4. The van der Waals surface area contributed by atoms with Crippen molar-refractivity contribution in [3.05, 3.63) is 34.1 Å². The molecule has 0 saturated carbocycles. The Hall–Kier alpha value is -0.940. The fraction of sp³-hybridized carbons (Fsp3) is 0.533. The summed E-state index contributed by atoms with van der Waals surface area (Å²) in [5.74, 6) is -0.452. The predicted octanol–water partition coefficient (Wildman–Crippen LogP) is 3.01. The van der Waals surface area contributed by atoms with Gasteiger partial charge >= 0.3 is 0 Å². The Morgan fingerprint density at radius 1 is 1.45 bits per heavy atom. The van der Waals surface area contributed by atoms with E-state index in [2.05, 4.69) is 21.2 Å². The van der Waals surface area contributed by atoms with Gasteiger partial charge in [-0.1, -0.05) is 26.8 Å². The van der Waals surface area contributed by atoms with Crippen molar-refractivity contribution in [2.45, 2.75) is 46.2 Å². The molecule has 3 N–H and O–H groups in total. The van der Waals surface area contributed by atoms with Gasteiger partial charge in [0.25, 0.3) is 0 Å². The molecule has 5 heteroatoms. The first-order valence-electron chi connectivity index (χ1n) is 6.61. The minimum Gasteiger partial charge on any atom is -0.352 e. The summed E-state index contributed by atoms with van der Waals surface area (Å²) in [6.45, 7) is 7.70. The second-order valence-electron chi connectivity index (χ2n) is 6.21. The van der Waals surface area contributed by atoms with Crippen LogP contribution in [0.4, 0.5) is 4.39 Å². The van der Waals surface area contributed by atoms with E-state index >= 15 is 0 Å². The van der Waals surface area contributed by atoms with E-state index in [4.69, 9.17) is 5.73 Å². The molecule has 1 unspecified atom stereocenters. The Labute approximate surface area is 128 Å². The van der Waals surface area contributed by atoms with Crippen molar-refractivity contribution in [2.24, 2.45) is 11.1 Å². The van der Waals surface area contributed by atoms with Crippen LogP contribution in [0.5, 0.6) is 0 Å². The number of hydrogen-bond acceptors (Lipinski definition) is 2. The van der Waals surface area contributed by atoms with Crippen molar-refractivity contribution >= 4 is 21.8 Å². The zero-order valence-electron chi connectivity index (χ0n) is 12.3. The Morgan fingerprint density at radius 3 is 2.55 bits per heavy atom. The molecular weight excluding hydrogens is 323 g/mol. The smallest absolute Gasteiger partial charge is 0.237 e. The van der Waals surface area contributed by atoms with Crippen LogP contribution in [0.15, 0.2) is 22.7 Å². The Kier molecular flexibility index (Phi) is 5.71. The largest absolute Gasteiger partial charge is 0.352 e. The molecule has 0 aliphatic rings. The molecule has 0 aliphatic heterocycles. The third kappa shape index (κ3) is 4.87. The maximum absolute atomic E-state index is 13.2. The highest BCUT2D eigenvalue weighted by atomic mass is 79.9. The lowest BCUT2D eigenvalue weighted by molar-refractivity contribution is -0.125. The van der Waals surface area contributed by atoms with Gasteiger partial charge in [0.15, 0.2) is 0 Å². The Morgan fingerprint density at radius 2 is 2.05 bits per heavy atom. The molecule has 1 aromatic carbocycles. The van der Waals surface area contributed by atoms with Gasteiger partial charge in [-0.2, -0.15) is 0 Å². The van der Waals surface area contributed by atoms with E-state index in [1.165, 1.54) is 6.07 Å². The molecule has 0 saturated heterocycles. The number of carbonyl (C=O) groups excluding carboxylic acids is 1. The summed E-state index contributed by atoms with van der Waals surface area (Å²) in [5, 5.41) is 2.90. The lowest BCUT2D eigenvalue weighted by atomic mass is 9.87. The first-order valence-corrected chi connectivity index (χ1v) is 7.40. The number of nitrogens with one attached hydrogen (secondary N) is 1. The fourth-order valence-corrected chi connectivity index (χ4v) is 2.22. The molecule has 0 aromatic heterocycles. The topological polar surface area (TPSA) is 55.1 Å². The minimum atomic E-state index is -0.551. The molecule has 3 nitrogen and oxygen atoms in total. The molecule has 0 heterocycles. The van der Waals surface area contributed by atoms with Gasteiger partial charge in [0, 0.05) is 6.04 Å². The molecule has 1 rings (SSSR count). The van der Waals surface area contributed by atoms with Crippen molar-refractivity contribution < 1.29 is 9.18 Å². The highest BCUT2D eigenvalue weighted by Crippen LogP contribution is 2.19. The molecule has 1 amide bonds. The van der Waals surface area contributed by atoms with Crippen LogP contribution in [0.1, 0.15) is 33.3 Å². The van der Waals surface area contributed by atoms with Gasteiger partial charge in [-0.25, -0.2) is 4.39 Å². The molecule has 2 atom stereocenters. The summed E-state index contributed by atoms with van der Waals surface area (Å²) in [6, 6.07) is 4.24. The van der Waals surface area contributed by atoms with Crippen LogP contribution in [-0.4, -0.2) is 18.0 Å². The molecule has 0 fully saturated rings. The number of benzene rings is 1. The van der Waals surface area contributed by atoms with E-state index < -0.39 is 6.04 Å². The number of halogens is 2. The summed E-state index contributed by atoms with van der Waals surface area (Å²) >= 11 is 3.15.